The molecule has 0 spiro atoms. The average Bonchev–Trinajstić information content (AvgIpc) is 2.71. The maximum Gasteiger partial charge on any atom is 0.216 e. The van der Waals surface area contributed by atoms with Gasteiger partial charge in [0.15, 0.2) is 0 Å². The molecule has 0 heterocycles. The number of hydrogen-bond donors (Lipinski definition) is 0. The normalized spacial score (nSPS) is 11.6. The molecule has 3 rings (SSSR count). The van der Waals surface area contributed by atoms with Gasteiger partial charge in [-0.3, -0.25) is 0 Å². The largest absolute Gasteiger partial charge is 0.488 e. The van der Waals surface area contributed by atoms with Gasteiger partial charge in [0.1, 0.15) is 29.1 Å². The molecular weight excluding hydrogens is 377 g/mol. The summed E-state index contributed by atoms with van der Waals surface area (Å²) < 4.78 is 44.5. The Balaban J connectivity index is 1.92. The van der Waals surface area contributed by atoms with Crippen LogP contribution in [0, 0.1) is 17.1 Å². The molecule has 0 radical (unpaired) electrons. The lowest BCUT2D eigenvalue weighted by molar-refractivity contribution is 0.305. The summed E-state index contributed by atoms with van der Waals surface area (Å²) in [6.45, 7) is 0.107. The van der Waals surface area contributed by atoms with Crippen molar-refractivity contribution in [2.75, 3.05) is 0 Å². The van der Waals surface area contributed by atoms with Gasteiger partial charge in [-0.1, -0.05) is 48.5 Å². The van der Waals surface area contributed by atoms with Gasteiger partial charge in [0.2, 0.25) is 9.84 Å². The Hall–Kier alpha value is -3.43. The number of benzene rings is 3. The minimum Gasteiger partial charge on any atom is -0.488 e. The molecule has 140 valence electrons. The van der Waals surface area contributed by atoms with Crippen LogP contribution in [-0.4, -0.2) is 8.42 Å². The molecule has 0 aliphatic rings. The lowest BCUT2D eigenvalue weighted by Gasteiger charge is -2.10. The van der Waals surface area contributed by atoms with Crippen molar-refractivity contribution in [3.8, 4) is 11.8 Å². The zero-order valence-corrected chi connectivity index (χ0v) is 15.6. The number of rotatable bonds is 6. The van der Waals surface area contributed by atoms with E-state index in [4.69, 9.17) is 4.74 Å². The molecule has 0 aromatic heterocycles. The van der Waals surface area contributed by atoms with E-state index in [9.17, 15) is 18.1 Å². The number of ether oxygens (including phenoxy) is 1. The Morgan fingerprint density at radius 3 is 2.43 bits per heavy atom. The van der Waals surface area contributed by atoms with Crippen molar-refractivity contribution in [1.82, 2.24) is 0 Å². The van der Waals surface area contributed by atoms with Crippen molar-refractivity contribution in [1.29, 1.82) is 5.26 Å². The van der Waals surface area contributed by atoms with Crippen LogP contribution in [0.15, 0.2) is 88.7 Å². The first kappa shape index (κ1) is 19.3. The molecule has 0 saturated heterocycles. The second-order valence-electron chi connectivity index (χ2n) is 5.89. The lowest BCUT2D eigenvalue weighted by atomic mass is 10.2. The third kappa shape index (κ3) is 4.45. The number of hydrogen-bond acceptors (Lipinski definition) is 4. The monoisotopic (exact) mass is 393 g/mol. The van der Waals surface area contributed by atoms with Gasteiger partial charge in [-0.15, -0.1) is 0 Å². The minimum atomic E-state index is -3.94. The van der Waals surface area contributed by atoms with E-state index in [1.165, 1.54) is 30.3 Å². The van der Waals surface area contributed by atoms with Crippen LogP contribution in [0.3, 0.4) is 0 Å². The Kier molecular flexibility index (Phi) is 5.87. The van der Waals surface area contributed by atoms with Crippen molar-refractivity contribution < 1.29 is 17.5 Å². The summed E-state index contributed by atoms with van der Waals surface area (Å²) >= 11 is 0. The third-order valence-corrected chi connectivity index (χ3v) is 5.62. The van der Waals surface area contributed by atoms with E-state index < -0.39 is 9.84 Å². The predicted octanol–water partition coefficient (Wildman–Crippen LogP) is 4.74. The van der Waals surface area contributed by atoms with Gasteiger partial charge in [0.05, 0.1) is 4.90 Å². The summed E-state index contributed by atoms with van der Waals surface area (Å²) in [6, 6.07) is 22.3. The molecule has 0 atom stereocenters. The molecule has 0 N–H and O–H groups in total. The SMILES string of the molecule is N#C/C(=C/c1ccccc1OCc1cccc(F)c1)S(=O)(=O)c1ccccc1. The molecule has 0 unspecified atom stereocenters. The summed E-state index contributed by atoms with van der Waals surface area (Å²) in [4.78, 5) is -0.346. The van der Waals surface area contributed by atoms with Gasteiger partial charge in [-0.05, 0) is 42.0 Å². The van der Waals surface area contributed by atoms with Gasteiger partial charge in [-0.2, -0.15) is 5.26 Å². The van der Waals surface area contributed by atoms with Crippen LogP contribution < -0.4 is 4.74 Å². The molecule has 0 aliphatic carbocycles. The summed E-state index contributed by atoms with van der Waals surface area (Å²) in [5.74, 6) is 0.0257. The van der Waals surface area contributed by atoms with Crippen LogP contribution >= 0.6 is 0 Å². The summed E-state index contributed by atoms with van der Waals surface area (Å²) in [6.07, 6.45) is 1.28. The quantitative estimate of drug-likeness (QED) is 0.567. The highest BCUT2D eigenvalue weighted by Crippen LogP contribution is 2.26. The van der Waals surface area contributed by atoms with E-state index in [1.54, 1.807) is 60.7 Å². The number of sulfone groups is 1. The van der Waals surface area contributed by atoms with Gasteiger partial charge < -0.3 is 4.74 Å². The Morgan fingerprint density at radius 1 is 1.00 bits per heavy atom. The maximum absolute atomic E-state index is 13.3. The zero-order valence-electron chi connectivity index (χ0n) is 14.7. The second kappa shape index (κ2) is 8.51. The highest BCUT2D eigenvalue weighted by Gasteiger charge is 2.21. The molecule has 0 saturated carbocycles. The van der Waals surface area contributed by atoms with Crippen molar-refractivity contribution in [3.63, 3.8) is 0 Å². The fraction of sp³-hybridized carbons (Fsp3) is 0.0455. The van der Waals surface area contributed by atoms with Crippen LogP contribution in [0.2, 0.25) is 0 Å². The van der Waals surface area contributed by atoms with E-state index in [0.29, 0.717) is 16.9 Å². The second-order valence-corrected chi connectivity index (χ2v) is 7.81. The summed E-state index contributed by atoms with van der Waals surface area (Å²) in [5, 5.41) is 9.43. The molecule has 28 heavy (non-hydrogen) atoms. The standard InChI is InChI=1S/C22H16FNO3S/c23-19-9-6-7-17(13-19)16-27-22-12-5-4-8-18(22)14-21(15-24)28(25,26)20-10-2-1-3-11-20/h1-14H,16H2/b21-14-. The first-order valence-corrected chi connectivity index (χ1v) is 9.87. The lowest BCUT2D eigenvalue weighted by Crippen LogP contribution is -2.04. The van der Waals surface area contributed by atoms with E-state index in [0.717, 1.165) is 0 Å². The molecule has 3 aromatic carbocycles. The molecular formula is C22H16FNO3S. The number of halogens is 1. The van der Waals surface area contributed by atoms with E-state index in [1.807, 2.05) is 0 Å². The highest BCUT2D eigenvalue weighted by molar-refractivity contribution is 7.95. The van der Waals surface area contributed by atoms with Crippen molar-refractivity contribution >= 4 is 15.9 Å². The van der Waals surface area contributed by atoms with E-state index in [-0.39, 0.29) is 22.2 Å². The molecule has 3 aromatic rings. The number of nitrogens with zero attached hydrogens (tertiary/aromatic N) is 1. The fourth-order valence-electron chi connectivity index (χ4n) is 2.56. The smallest absolute Gasteiger partial charge is 0.216 e. The number of para-hydroxylation sites is 1. The summed E-state index contributed by atoms with van der Waals surface area (Å²) in [5.41, 5.74) is 1.08. The molecule has 0 fully saturated rings. The summed E-state index contributed by atoms with van der Waals surface area (Å²) in [7, 11) is -3.94. The fourth-order valence-corrected chi connectivity index (χ4v) is 3.73. The zero-order chi connectivity index (χ0) is 20.0. The van der Waals surface area contributed by atoms with Crippen LogP contribution in [0.25, 0.3) is 6.08 Å². The molecule has 6 heteroatoms. The van der Waals surface area contributed by atoms with Gasteiger partial charge in [0, 0.05) is 5.56 Å². The first-order valence-electron chi connectivity index (χ1n) is 8.39. The topological polar surface area (TPSA) is 67.2 Å². The maximum atomic E-state index is 13.3. The Labute approximate surface area is 163 Å². The first-order chi connectivity index (χ1) is 13.5. The highest BCUT2D eigenvalue weighted by atomic mass is 32.2. The minimum absolute atomic E-state index is 0.0426. The molecule has 0 bridgehead atoms. The van der Waals surface area contributed by atoms with Gasteiger partial charge in [-0.25, -0.2) is 12.8 Å². The molecule has 0 amide bonds. The number of allylic oxidation sites excluding steroid dienone is 1. The Bertz CT molecular complexity index is 1150. The number of nitriles is 1. The van der Waals surface area contributed by atoms with Crippen molar-refractivity contribution in [2.45, 2.75) is 11.5 Å². The van der Waals surface area contributed by atoms with Crippen molar-refractivity contribution in [2.24, 2.45) is 0 Å². The Morgan fingerprint density at radius 2 is 1.71 bits per heavy atom. The van der Waals surface area contributed by atoms with E-state index in [2.05, 4.69) is 0 Å². The third-order valence-electron chi connectivity index (χ3n) is 3.94. The average molecular weight is 393 g/mol. The van der Waals surface area contributed by atoms with Crippen LogP contribution in [-0.2, 0) is 16.4 Å². The van der Waals surface area contributed by atoms with Gasteiger partial charge >= 0.3 is 0 Å². The predicted molar refractivity (Wildman–Crippen MR) is 104 cm³/mol. The molecule has 0 aliphatic heterocycles. The van der Waals surface area contributed by atoms with Crippen molar-refractivity contribution in [3.05, 3.63) is 101 Å². The van der Waals surface area contributed by atoms with Crippen LogP contribution in [0.1, 0.15) is 11.1 Å². The van der Waals surface area contributed by atoms with E-state index >= 15 is 0 Å². The van der Waals surface area contributed by atoms with Crippen LogP contribution in [0.4, 0.5) is 4.39 Å². The van der Waals surface area contributed by atoms with Crippen LogP contribution in [0.5, 0.6) is 5.75 Å². The molecule has 4 nitrogen and oxygen atoms in total. The van der Waals surface area contributed by atoms with Gasteiger partial charge in [0.25, 0.3) is 0 Å².